The Morgan fingerprint density at radius 2 is 1.81 bits per heavy atom. The second kappa shape index (κ2) is 11.8. The summed E-state index contributed by atoms with van der Waals surface area (Å²) >= 11 is 3.47. The molecule has 1 aliphatic rings. The third kappa shape index (κ3) is 5.79. The van der Waals surface area contributed by atoms with Crippen LogP contribution in [0.3, 0.4) is 0 Å². The minimum Gasteiger partial charge on any atom is -0.369 e. The number of amides is 2. The van der Waals surface area contributed by atoms with Gasteiger partial charge in [0.25, 0.3) is 11.8 Å². The van der Waals surface area contributed by atoms with Crippen molar-refractivity contribution in [2.45, 2.75) is 13.3 Å². The van der Waals surface area contributed by atoms with Crippen molar-refractivity contribution in [1.82, 2.24) is 24.4 Å². The van der Waals surface area contributed by atoms with Crippen molar-refractivity contribution in [1.29, 1.82) is 0 Å². The molecule has 10 nitrogen and oxygen atoms in total. The Labute approximate surface area is 251 Å². The van der Waals surface area contributed by atoms with Gasteiger partial charge in [0.2, 0.25) is 5.95 Å². The second-order valence-electron chi connectivity index (χ2n) is 10.4. The van der Waals surface area contributed by atoms with Crippen molar-refractivity contribution < 1.29 is 9.59 Å². The number of aromatic amines is 1. The van der Waals surface area contributed by atoms with Crippen molar-refractivity contribution >= 4 is 50.4 Å². The van der Waals surface area contributed by atoms with Gasteiger partial charge in [-0.2, -0.15) is 0 Å². The summed E-state index contributed by atoms with van der Waals surface area (Å²) in [7, 11) is 0. The van der Waals surface area contributed by atoms with E-state index in [1.165, 1.54) is 11.9 Å². The summed E-state index contributed by atoms with van der Waals surface area (Å²) in [4.78, 5) is 42.4. The van der Waals surface area contributed by atoms with Gasteiger partial charge in [0, 0.05) is 42.9 Å². The third-order valence-corrected chi connectivity index (χ3v) is 8.13. The number of imidazole rings is 2. The number of rotatable bonds is 8. The topological polar surface area (TPSA) is 125 Å². The first-order valence-electron chi connectivity index (χ1n) is 13.8. The highest BCUT2D eigenvalue weighted by molar-refractivity contribution is 9.10. The normalized spacial score (nSPS) is 13.9. The molecule has 0 spiro atoms. The largest absolute Gasteiger partial charge is 0.369 e. The fourth-order valence-corrected chi connectivity index (χ4v) is 5.70. The van der Waals surface area contributed by atoms with Gasteiger partial charge in [-0.15, -0.1) is 0 Å². The second-order valence-corrected chi connectivity index (χ2v) is 11.3. The molecule has 42 heavy (non-hydrogen) atoms. The number of hydrogen-bond donors (Lipinski definition) is 3. The summed E-state index contributed by atoms with van der Waals surface area (Å²) in [5, 5.41) is 2.80. The molecule has 1 saturated heterocycles. The zero-order valence-electron chi connectivity index (χ0n) is 23.2. The molecular formula is C31H31BrN8O2. The van der Waals surface area contributed by atoms with E-state index in [1.54, 1.807) is 4.57 Å². The number of nitrogens with one attached hydrogen (secondary N) is 2. The van der Waals surface area contributed by atoms with Gasteiger partial charge in [-0.1, -0.05) is 52.3 Å². The Hall–Kier alpha value is -4.48. The van der Waals surface area contributed by atoms with Crippen molar-refractivity contribution in [3.63, 3.8) is 0 Å². The van der Waals surface area contributed by atoms with E-state index in [0.717, 1.165) is 65.9 Å². The quantitative estimate of drug-likeness (QED) is 0.232. The number of nitrogens with two attached hydrogens (primary N) is 1. The number of anilines is 2. The number of aromatic nitrogens is 4. The average molecular weight is 628 g/mol. The van der Waals surface area contributed by atoms with E-state index >= 15 is 0 Å². The molecule has 0 unspecified atom stereocenters. The summed E-state index contributed by atoms with van der Waals surface area (Å²) < 4.78 is 2.39. The highest BCUT2D eigenvalue weighted by Crippen LogP contribution is 2.26. The van der Waals surface area contributed by atoms with Gasteiger partial charge in [-0.3, -0.25) is 24.4 Å². The summed E-state index contributed by atoms with van der Waals surface area (Å²) in [5.74, 6) is -1.07. The first-order valence-corrected chi connectivity index (χ1v) is 14.6. The van der Waals surface area contributed by atoms with Gasteiger partial charge in [0.1, 0.15) is 12.0 Å². The van der Waals surface area contributed by atoms with Crippen LogP contribution < -0.4 is 16.0 Å². The van der Waals surface area contributed by atoms with Crippen LogP contribution in [-0.4, -0.2) is 69.0 Å². The van der Waals surface area contributed by atoms with Gasteiger partial charge in [-0.25, -0.2) is 9.97 Å². The molecule has 11 heteroatoms. The van der Waals surface area contributed by atoms with Crippen LogP contribution in [0.5, 0.6) is 0 Å². The Bertz CT molecular complexity index is 1760. The maximum Gasteiger partial charge on any atom is 0.277 e. The van der Waals surface area contributed by atoms with Crippen LogP contribution in [0.1, 0.15) is 32.1 Å². The van der Waals surface area contributed by atoms with Gasteiger partial charge >= 0.3 is 0 Å². The molecule has 1 fully saturated rings. The number of piperazine rings is 1. The Kier molecular flexibility index (Phi) is 7.77. The molecule has 0 bridgehead atoms. The highest BCUT2D eigenvalue weighted by atomic mass is 79.9. The number of carbonyl (C=O) groups is 2. The molecule has 2 amide bonds. The minimum atomic E-state index is -0.791. The monoisotopic (exact) mass is 626 g/mol. The van der Waals surface area contributed by atoms with E-state index in [1.807, 2.05) is 31.2 Å². The lowest BCUT2D eigenvalue weighted by atomic mass is 10.1. The third-order valence-electron chi connectivity index (χ3n) is 7.64. The number of hydrogen-bond acceptors (Lipinski definition) is 6. The maximum absolute atomic E-state index is 13.5. The SMILES string of the molecule is Cc1ccc(Br)cc1-n1cnc(C(N)=O)c1C(=O)Nc1nc2ccc(N3CCN(CCc4ccccc4)CC3)cc2[nH]1. The Morgan fingerprint density at radius 1 is 1.02 bits per heavy atom. The van der Waals surface area contributed by atoms with Crippen LogP contribution in [-0.2, 0) is 6.42 Å². The van der Waals surface area contributed by atoms with Crippen LogP contribution in [0.25, 0.3) is 16.7 Å². The predicted octanol–water partition coefficient (Wildman–Crippen LogP) is 4.54. The van der Waals surface area contributed by atoms with E-state index in [0.29, 0.717) is 5.69 Å². The lowest BCUT2D eigenvalue weighted by Gasteiger charge is -2.36. The molecule has 2 aromatic heterocycles. The van der Waals surface area contributed by atoms with E-state index in [4.69, 9.17) is 5.73 Å². The van der Waals surface area contributed by atoms with E-state index < -0.39 is 11.8 Å². The standard InChI is InChI=1S/C31H31BrN8O2/c1-20-7-8-22(32)17-26(20)40-19-34-27(29(33)41)28(40)30(42)37-31-35-24-10-9-23(18-25(24)36-31)39-15-13-38(14-16-39)12-11-21-5-3-2-4-6-21/h2-10,17-19H,11-16H2,1H3,(H2,33,41)(H2,35,36,37,42). The molecule has 3 heterocycles. The van der Waals surface area contributed by atoms with Crippen LogP contribution in [0.15, 0.2) is 77.5 Å². The molecule has 3 aromatic carbocycles. The van der Waals surface area contributed by atoms with Crippen LogP contribution in [0.4, 0.5) is 11.6 Å². The molecule has 0 radical (unpaired) electrons. The molecule has 6 rings (SSSR count). The number of nitrogens with zero attached hydrogens (tertiary/aromatic N) is 5. The number of fused-ring (bicyclic) bond motifs is 1. The maximum atomic E-state index is 13.5. The van der Waals surface area contributed by atoms with E-state index in [9.17, 15) is 9.59 Å². The molecule has 0 aliphatic carbocycles. The lowest BCUT2D eigenvalue weighted by Crippen LogP contribution is -2.47. The molecular weight excluding hydrogens is 596 g/mol. The molecule has 4 N–H and O–H groups in total. The fraction of sp³-hybridized carbons (Fsp3) is 0.226. The fourth-order valence-electron chi connectivity index (χ4n) is 5.35. The first kappa shape index (κ1) is 27.7. The van der Waals surface area contributed by atoms with Gasteiger partial charge < -0.3 is 15.6 Å². The Morgan fingerprint density at radius 3 is 2.57 bits per heavy atom. The number of aryl methyl sites for hydroxylation is 1. The highest BCUT2D eigenvalue weighted by Gasteiger charge is 2.25. The number of primary amides is 1. The van der Waals surface area contributed by atoms with Gasteiger partial charge in [0.15, 0.2) is 5.69 Å². The smallest absolute Gasteiger partial charge is 0.277 e. The average Bonchev–Trinajstić information content (AvgIpc) is 3.62. The van der Waals surface area contributed by atoms with Gasteiger partial charge in [0.05, 0.1) is 16.7 Å². The predicted molar refractivity (Wildman–Crippen MR) is 167 cm³/mol. The van der Waals surface area contributed by atoms with Crippen molar-refractivity contribution in [2.75, 3.05) is 42.9 Å². The van der Waals surface area contributed by atoms with Crippen molar-refractivity contribution in [2.24, 2.45) is 5.73 Å². The van der Waals surface area contributed by atoms with Crippen molar-refractivity contribution in [3.05, 3.63) is 100 Å². The molecule has 5 aromatic rings. The number of benzene rings is 3. The number of carbonyl (C=O) groups excluding carboxylic acids is 2. The molecule has 0 saturated carbocycles. The van der Waals surface area contributed by atoms with Crippen molar-refractivity contribution in [3.8, 4) is 5.69 Å². The van der Waals surface area contributed by atoms with Crippen LogP contribution in [0, 0.1) is 6.92 Å². The molecule has 214 valence electrons. The summed E-state index contributed by atoms with van der Waals surface area (Å²) in [6.07, 6.45) is 2.48. The van der Waals surface area contributed by atoms with Crippen LogP contribution >= 0.6 is 15.9 Å². The summed E-state index contributed by atoms with van der Waals surface area (Å²) in [6.45, 7) is 6.84. The van der Waals surface area contributed by atoms with E-state index in [-0.39, 0.29) is 17.3 Å². The number of H-pyrrole nitrogens is 1. The number of halogens is 1. The summed E-state index contributed by atoms with van der Waals surface area (Å²) in [5.41, 5.74) is 11.1. The van der Waals surface area contributed by atoms with Crippen LogP contribution in [0.2, 0.25) is 0 Å². The zero-order valence-corrected chi connectivity index (χ0v) is 24.8. The lowest BCUT2D eigenvalue weighted by molar-refractivity contribution is 0.0970. The zero-order chi connectivity index (χ0) is 29.2. The van der Waals surface area contributed by atoms with Gasteiger partial charge in [-0.05, 0) is 54.8 Å². The Balaban J connectivity index is 1.16. The first-order chi connectivity index (χ1) is 20.4. The summed E-state index contributed by atoms with van der Waals surface area (Å²) in [6, 6.07) is 22.3. The molecule has 1 aliphatic heterocycles. The molecule has 0 atom stereocenters. The minimum absolute atomic E-state index is 0.0370. The van der Waals surface area contributed by atoms with E-state index in [2.05, 4.69) is 88.5 Å².